The van der Waals surface area contributed by atoms with Crippen molar-refractivity contribution in [2.75, 3.05) is 19.8 Å². The predicted molar refractivity (Wildman–Crippen MR) is 109 cm³/mol. The zero-order valence-corrected chi connectivity index (χ0v) is 17.2. The summed E-state index contributed by atoms with van der Waals surface area (Å²) in [6.07, 6.45) is 3.41. The normalized spacial score (nSPS) is 10.7. The lowest BCUT2D eigenvalue weighted by Crippen LogP contribution is -2.10. The second-order valence-electron chi connectivity index (χ2n) is 5.78. The number of esters is 1. The van der Waals surface area contributed by atoms with E-state index in [-0.39, 0.29) is 20.8 Å². The van der Waals surface area contributed by atoms with Crippen LogP contribution in [0.4, 0.5) is 0 Å². The molecule has 2 aromatic carbocycles. The Labute approximate surface area is 174 Å². The standard InChI is InChI=1S/C20H21Cl3O4/c1-2-3-4-9-25-10-11-26-15-7-5-14(6-8-15)20(24)27-19-13-17(22)16(21)12-18(19)23/h5-8,12-13H,2-4,9-11H2,1H3. The molecular weight excluding hydrogens is 411 g/mol. The smallest absolute Gasteiger partial charge is 0.343 e. The summed E-state index contributed by atoms with van der Waals surface area (Å²) in [4.78, 5) is 12.2. The molecule has 0 radical (unpaired) electrons. The summed E-state index contributed by atoms with van der Waals surface area (Å²) in [6, 6.07) is 9.46. The number of carbonyl (C=O) groups excluding carboxylic acids is 1. The van der Waals surface area contributed by atoms with E-state index in [1.54, 1.807) is 24.3 Å². The molecule has 0 saturated carbocycles. The molecule has 0 N–H and O–H groups in total. The fourth-order valence-corrected chi connectivity index (χ4v) is 2.78. The van der Waals surface area contributed by atoms with E-state index in [0.29, 0.717) is 24.5 Å². The van der Waals surface area contributed by atoms with Gasteiger partial charge in [-0.3, -0.25) is 0 Å². The van der Waals surface area contributed by atoms with E-state index in [4.69, 9.17) is 49.0 Å². The molecule has 4 nitrogen and oxygen atoms in total. The SMILES string of the molecule is CCCCCOCCOc1ccc(C(=O)Oc2cc(Cl)c(Cl)cc2Cl)cc1. The fourth-order valence-electron chi connectivity index (χ4n) is 2.20. The molecule has 0 spiro atoms. The lowest BCUT2D eigenvalue weighted by Gasteiger charge is -2.09. The highest BCUT2D eigenvalue weighted by Crippen LogP contribution is 2.34. The Bertz CT molecular complexity index is 748. The van der Waals surface area contributed by atoms with Crippen LogP contribution in [0, 0.1) is 0 Å². The zero-order chi connectivity index (χ0) is 19.6. The average molecular weight is 432 g/mol. The second kappa shape index (κ2) is 11.4. The summed E-state index contributed by atoms with van der Waals surface area (Å²) in [5.41, 5.74) is 0.361. The molecule has 0 atom stereocenters. The first-order valence-electron chi connectivity index (χ1n) is 8.68. The maximum Gasteiger partial charge on any atom is 0.343 e. The van der Waals surface area contributed by atoms with Crippen molar-refractivity contribution in [3.05, 3.63) is 57.0 Å². The Morgan fingerprint density at radius 3 is 2.30 bits per heavy atom. The Morgan fingerprint density at radius 1 is 0.889 bits per heavy atom. The van der Waals surface area contributed by atoms with Gasteiger partial charge >= 0.3 is 5.97 Å². The van der Waals surface area contributed by atoms with Crippen molar-refractivity contribution >= 4 is 40.8 Å². The highest BCUT2D eigenvalue weighted by Gasteiger charge is 2.13. The Morgan fingerprint density at radius 2 is 1.59 bits per heavy atom. The molecule has 0 aromatic heterocycles. The molecular formula is C20H21Cl3O4. The molecule has 0 aliphatic rings. The molecule has 146 valence electrons. The Hall–Kier alpha value is -1.46. The number of rotatable bonds is 10. The van der Waals surface area contributed by atoms with Gasteiger partial charge < -0.3 is 14.2 Å². The van der Waals surface area contributed by atoms with Crippen molar-refractivity contribution in [2.24, 2.45) is 0 Å². The van der Waals surface area contributed by atoms with Gasteiger partial charge in [-0.1, -0.05) is 54.6 Å². The Balaban J connectivity index is 1.82. The topological polar surface area (TPSA) is 44.8 Å². The highest BCUT2D eigenvalue weighted by molar-refractivity contribution is 6.43. The molecule has 0 amide bonds. The first kappa shape index (κ1) is 21.8. The molecule has 7 heteroatoms. The summed E-state index contributed by atoms with van der Waals surface area (Å²) in [5.74, 6) is 0.244. The monoisotopic (exact) mass is 430 g/mol. The highest BCUT2D eigenvalue weighted by atomic mass is 35.5. The third-order valence-electron chi connectivity index (χ3n) is 3.66. The second-order valence-corrected chi connectivity index (χ2v) is 7.00. The van der Waals surface area contributed by atoms with Gasteiger partial charge in [-0.05, 0) is 36.8 Å². The number of ether oxygens (including phenoxy) is 3. The maximum atomic E-state index is 12.2. The van der Waals surface area contributed by atoms with Crippen LogP contribution in [0.15, 0.2) is 36.4 Å². The molecule has 0 heterocycles. The lowest BCUT2D eigenvalue weighted by molar-refractivity contribution is 0.0734. The van der Waals surface area contributed by atoms with E-state index in [2.05, 4.69) is 6.92 Å². The molecule has 2 rings (SSSR count). The number of unbranched alkanes of at least 4 members (excludes halogenated alkanes) is 2. The van der Waals surface area contributed by atoms with Crippen LogP contribution < -0.4 is 9.47 Å². The number of carbonyl (C=O) groups is 1. The minimum atomic E-state index is -0.555. The summed E-state index contributed by atoms with van der Waals surface area (Å²) in [5, 5.41) is 0.749. The van der Waals surface area contributed by atoms with Gasteiger partial charge in [0.25, 0.3) is 0 Å². The van der Waals surface area contributed by atoms with Crippen LogP contribution in [0.5, 0.6) is 11.5 Å². The fraction of sp³-hybridized carbons (Fsp3) is 0.350. The molecule has 0 aliphatic heterocycles. The molecule has 0 saturated heterocycles. The van der Waals surface area contributed by atoms with Crippen molar-refractivity contribution in [3.63, 3.8) is 0 Å². The van der Waals surface area contributed by atoms with Gasteiger partial charge in [0.15, 0.2) is 5.75 Å². The maximum absolute atomic E-state index is 12.2. The van der Waals surface area contributed by atoms with Gasteiger partial charge in [0.1, 0.15) is 12.4 Å². The molecule has 0 unspecified atom stereocenters. The van der Waals surface area contributed by atoms with Crippen molar-refractivity contribution in [1.29, 1.82) is 0 Å². The molecule has 27 heavy (non-hydrogen) atoms. The van der Waals surface area contributed by atoms with Gasteiger partial charge in [-0.25, -0.2) is 4.79 Å². The minimum Gasteiger partial charge on any atom is -0.491 e. The summed E-state index contributed by atoms with van der Waals surface area (Å²) in [6.45, 7) is 3.89. The first-order chi connectivity index (χ1) is 13.0. The van der Waals surface area contributed by atoms with E-state index in [1.807, 2.05) is 0 Å². The third-order valence-corrected chi connectivity index (χ3v) is 4.67. The van der Waals surface area contributed by atoms with Crippen LogP contribution in [0.25, 0.3) is 0 Å². The van der Waals surface area contributed by atoms with Crippen molar-refractivity contribution in [2.45, 2.75) is 26.2 Å². The van der Waals surface area contributed by atoms with Crippen molar-refractivity contribution in [3.8, 4) is 11.5 Å². The van der Waals surface area contributed by atoms with Gasteiger partial charge in [0.2, 0.25) is 0 Å². The van der Waals surface area contributed by atoms with Crippen molar-refractivity contribution < 1.29 is 19.0 Å². The van der Waals surface area contributed by atoms with E-state index in [0.717, 1.165) is 13.0 Å². The molecule has 2 aromatic rings. The number of hydrogen-bond donors (Lipinski definition) is 0. The third kappa shape index (κ3) is 7.23. The van der Waals surface area contributed by atoms with Crippen LogP contribution in [0.3, 0.4) is 0 Å². The lowest BCUT2D eigenvalue weighted by atomic mass is 10.2. The van der Waals surface area contributed by atoms with Crippen LogP contribution in [-0.2, 0) is 4.74 Å². The summed E-state index contributed by atoms with van der Waals surface area (Å²) in [7, 11) is 0. The van der Waals surface area contributed by atoms with E-state index >= 15 is 0 Å². The average Bonchev–Trinajstić information content (AvgIpc) is 2.66. The van der Waals surface area contributed by atoms with E-state index in [9.17, 15) is 4.79 Å². The van der Waals surface area contributed by atoms with Gasteiger partial charge in [-0.15, -0.1) is 0 Å². The number of benzene rings is 2. The van der Waals surface area contributed by atoms with Gasteiger partial charge in [0, 0.05) is 12.7 Å². The van der Waals surface area contributed by atoms with Crippen molar-refractivity contribution in [1.82, 2.24) is 0 Å². The van der Waals surface area contributed by atoms with E-state index in [1.165, 1.54) is 25.0 Å². The number of halogens is 3. The summed E-state index contributed by atoms with van der Waals surface area (Å²) < 4.78 is 16.3. The van der Waals surface area contributed by atoms with Crippen LogP contribution in [0.2, 0.25) is 15.1 Å². The largest absolute Gasteiger partial charge is 0.491 e. The van der Waals surface area contributed by atoms with Crippen LogP contribution >= 0.6 is 34.8 Å². The zero-order valence-electron chi connectivity index (χ0n) is 15.0. The van der Waals surface area contributed by atoms with Crippen LogP contribution in [-0.4, -0.2) is 25.8 Å². The minimum absolute atomic E-state index is 0.150. The summed E-state index contributed by atoms with van der Waals surface area (Å²) >= 11 is 17.8. The predicted octanol–water partition coefficient (Wildman–Crippen LogP) is 6.45. The van der Waals surface area contributed by atoms with E-state index < -0.39 is 5.97 Å². The molecule has 0 bridgehead atoms. The van der Waals surface area contributed by atoms with Gasteiger partial charge in [-0.2, -0.15) is 0 Å². The number of hydrogen-bond acceptors (Lipinski definition) is 4. The van der Waals surface area contributed by atoms with Crippen LogP contribution in [0.1, 0.15) is 36.5 Å². The quantitative estimate of drug-likeness (QED) is 0.188. The van der Waals surface area contributed by atoms with Gasteiger partial charge in [0.05, 0.1) is 27.2 Å². The Kier molecular flexibility index (Phi) is 9.22. The first-order valence-corrected chi connectivity index (χ1v) is 9.82. The molecule has 0 fully saturated rings. The molecule has 0 aliphatic carbocycles.